The first-order valence-electron chi connectivity index (χ1n) is 9.94. The van der Waals surface area contributed by atoms with Crippen molar-refractivity contribution in [2.75, 3.05) is 0 Å². The maximum absolute atomic E-state index is 6.04. The third-order valence-corrected chi connectivity index (χ3v) is 6.02. The Balaban J connectivity index is 1.77. The van der Waals surface area contributed by atoms with Gasteiger partial charge in [-0.25, -0.2) is 4.98 Å². The van der Waals surface area contributed by atoms with Gasteiger partial charge in [0.2, 0.25) is 0 Å². The average molecular weight is 408 g/mol. The molecule has 0 fully saturated rings. The molecule has 4 heteroatoms. The highest BCUT2D eigenvalue weighted by Gasteiger charge is 2.15. The third-order valence-electron chi connectivity index (χ3n) is 5.33. The summed E-state index contributed by atoms with van der Waals surface area (Å²) in [6, 6.07) is 25.1. The highest BCUT2D eigenvalue weighted by atomic mass is 32.1. The molecule has 0 aliphatic heterocycles. The van der Waals surface area contributed by atoms with Crippen molar-refractivity contribution in [1.29, 1.82) is 0 Å². The van der Waals surface area contributed by atoms with Crippen LogP contribution in [0, 0.1) is 0 Å². The fraction of sp³-hybridized carbons (Fsp3) is 0.0769. The molecule has 1 atom stereocenters. The van der Waals surface area contributed by atoms with Gasteiger partial charge in [0.15, 0.2) is 0 Å². The number of fused-ring (bicyclic) bond motifs is 1. The number of pyridine rings is 2. The molecule has 0 unspecified atom stereocenters. The molecule has 0 radical (unpaired) electrons. The van der Waals surface area contributed by atoms with Gasteiger partial charge in [-0.05, 0) is 41.6 Å². The second-order valence-electron chi connectivity index (χ2n) is 7.40. The molecule has 5 rings (SSSR count). The third kappa shape index (κ3) is 3.41. The molecule has 0 saturated carbocycles. The van der Waals surface area contributed by atoms with Gasteiger partial charge in [0.05, 0.1) is 16.9 Å². The Bertz CT molecular complexity index is 1290. The number of hydrogen-bond acceptors (Lipinski definition) is 4. The first kappa shape index (κ1) is 18.7. The van der Waals surface area contributed by atoms with Crippen molar-refractivity contribution >= 4 is 22.2 Å². The van der Waals surface area contributed by atoms with E-state index in [1.807, 2.05) is 25.3 Å². The lowest BCUT2D eigenvalue weighted by Gasteiger charge is -2.14. The minimum atomic E-state index is 0.0106. The number of thiophene rings is 1. The van der Waals surface area contributed by atoms with Crippen molar-refractivity contribution in [3.63, 3.8) is 0 Å². The Labute approximate surface area is 179 Å². The molecular formula is C26H21N3S. The summed E-state index contributed by atoms with van der Waals surface area (Å²) >= 11 is 1.68. The summed E-state index contributed by atoms with van der Waals surface area (Å²) in [6.45, 7) is 2.00. The van der Waals surface area contributed by atoms with E-state index >= 15 is 0 Å². The van der Waals surface area contributed by atoms with E-state index in [1.54, 1.807) is 11.3 Å². The van der Waals surface area contributed by atoms with Crippen molar-refractivity contribution in [1.82, 2.24) is 9.97 Å². The number of hydrogen-bond donors (Lipinski definition) is 1. The summed E-state index contributed by atoms with van der Waals surface area (Å²) in [5.41, 5.74) is 14.5. The number of nitrogens with zero attached hydrogens (tertiary/aromatic N) is 2. The van der Waals surface area contributed by atoms with E-state index < -0.39 is 0 Å². The van der Waals surface area contributed by atoms with Crippen LogP contribution in [0.1, 0.15) is 18.5 Å². The Kier molecular flexibility index (Phi) is 4.87. The van der Waals surface area contributed by atoms with Crippen LogP contribution in [0.5, 0.6) is 0 Å². The largest absolute Gasteiger partial charge is 0.324 e. The molecule has 30 heavy (non-hydrogen) atoms. The molecule has 0 spiro atoms. The fourth-order valence-corrected chi connectivity index (χ4v) is 4.37. The van der Waals surface area contributed by atoms with E-state index in [0.717, 1.165) is 50.1 Å². The van der Waals surface area contributed by atoms with Gasteiger partial charge in [-0.3, -0.25) is 4.98 Å². The van der Waals surface area contributed by atoms with Gasteiger partial charge in [0.1, 0.15) is 0 Å². The summed E-state index contributed by atoms with van der Waals surface area (Å²) in [6.07, 6.45) is 1.84. The van der Waals surface area contributed by atoms with Crippen molar-refractivity contribution in [3.05, 3.63) is 95.3 Å². The average Bonchev–Trinajstić information content (AvgIpc) is 3.33. The maximum Gasteiger partial charge on any atom is 0.0804 e. The van der Waals surface area contributed by atoms with Crippen LogP contribution in [-0.2, 0) is 0 Å². The Hall–Kier alpha value is -3.34. The zero-order valence-corrected chi connectivity index (χ0v) is 17.4. The van der Waals surface area contributed by atoms with Crippen molar-refractivity contribution in [2.24, 2.45) is 5.73 Å². The minimum absolute atomic E-state index is 0.0106. The summed E-state index contributed by atoms with van der Waals surface area (Å²) in [5.74, 6) is 0. The van der Waals surface area contributed by atoms with E-state index in [9.17, 15) is 0 Å². The van der Waals surface area contributed by atoms with Crippen LogP contribution < -0.4 is 5.73 Å². The van der Waals surface area contributed by atoms with Crippen molar-refractivity contribution in [3.8, 4) is 33.6 Å². The number of nitrogens with two attached hydrogens (primary N) is 1. The van der Waals surface area contributed by atoms with Crippen molar-refractivity contribution in [2.45, 2.75) is 13.0 Å². The van der Waals surface area contributed by atoms with Gasteiger partial charge >= 0.3 is 0 Å². The van der Waals surface area contributed by atoms with Gasteiger partial charge in [0.25, 0.3) is 0 Å². The minimum Gasteiger partial charge on any atom is -0.324 e. The van der Waals surface area contributed by atoms with Crippen LogP contribution in [0.3, 0.4) is 0 Å². The summed E-state index contributed by atoms with van der Waals surface area (Å²) in [4.78, 5) is 9.77. The number of aromatic nitrogens is 2. The molecule has 0 bridgehead atoms. The van der Waals surface area contributed by atoms with Gasteiger partial charge in [-0.1, -0.05) is 54.6 Å². The van der Waals surface area contributed by atoms with Crippen LogP contribution >= 0.6 is 11.3 Å². The Morgan fingerprint density at radius 3 is 2.33 bits per heavy atom. The van der Waals surface area contributed by atoms with E-state index in [0.29, 0.717) is 0 Å². The highest BCUT2D eigenvalue weighted by Crippen LogP contribution is 2.36. The van der Waals surface area contributed by atoms with Crippen molar-refractivity contribution < 1.29 is 0 Å². The predicted molar refractivity (Wildman–Crippen MR) is 126 cm³/mol. The maximum atomic E-state index is 6.04. The van der Waals surface area contributed by atoms with Crippen LogP contribution in [0.15, 0.2) is 89.8 Å². The first-order chi connectivity index (χ1) is 14.7. The summed E-state index contributed by atoms with van der Waals surface area (Å²) in [7, 11) is 0. The van der Waals surface area contributed by atoms with Gasteiger partial charge < -0.3 is 5.73 Å². The second-order valence-corrected chi connectivity index (χ2v) is 8.18. The molecule has 0 amide bonds. The zero-order valence-electron chi connectivity index (χ0n) is 16.6. The summed E-state index contributed by atoms with van der Waals surface area (Å²) < 4.78 is 0. The Morgan fingerprint density at radius 2 is 1.63 bits per heavy atom. The molecule has 3 nitrogen and oxygen atoms in total. The normalized spacial score (nSPS) is 12.2. The van der Waals surface area contributed by atoms with Crippen LogP contribution in [0.2, 0.25) is 0 Å². The molecule has 146 valence electrons. The highest BCUT2D eigenvalue weighted by molar-refractivity contribution is 7.08. The van der Waals surface area contributed by atoms with E-state index in [4.69, 9.17) is 10.7 Å². The SMILES string of the molecule is C[C@@H](N)c1ccc(-c2nc3ccnc(-c4ccsc4)c3cc2-c2ccccc2)cc1. The number of benzene rings is 2. The molecule has 3 heterocycles. The lowest BCUT2D eigenvalue weighted by molar-refractivity contribution is 0.818. The standard InChI is InChI=1S/C26H21N3S/c1-17(27)18-7-9-20(10-8-18)26-22(19-5-3-2-4-6-19)15-23-24(29-26)11-13-28-25(23)21-12-14-30-16-21/h2-17H,27H2,1H3/t17-/m1/s1. The monoisotopic (exact) mass is 407 g/mol. The van der Waals surface area contributed by atoms with Crippen LogP contribution in [-0.4, -0.2) is 9.97 Å². The second kappa shape index (κ2) is 7.82. The van der Waals surface area contributed by atoms with E-state index in [2.05, 4.69) is 76.4 Å². The summed E-state index contributed by atoms with van der Waals surface area (Å²) in [5, 5.41) is 5.27. The predicted octanol–water partition coefficient (Wildman–Crippen LogP) is 6.71. The number of rotatable bonds is 4. The molecule has 5 aromatic rings. The molecule has 0 aliphatic rings. The quantitative estimate of drug-likeness (QED) is 0.360. The molecular weight excluding hydrogens is 386 g/mol. The van der Waals surface area contributed by atoms with Gasteiger partial charge in [0, 0.05) is 39.7 Å². The molecule has 2 N–H and O–H groups in total. The molecule has 2 aromatic carbocycles. The first-order valence-corrected chi connectivity index (χ1v) is 10.9. The molecule has 0 saturated heterocycles. The zero-order chi connectivity index (χ0) is 20.5. The van der Waals surface area contributed by atoms with Crippen LogP contribution in [0.4, 0.5) is 0 Å². The van der Waals surface area contributed by atoms with Gasteiger partial charge in [-0.2, -0.15) is 11.3 Å². The molecule has 3 aromatic heterocycles. The lowest BCUT2D eigenvalue weighted by atomic mass is 9.95. The molecule has 0 aliphatic carbocycles. The topological polar surface area (TPSA) is 51.8 Å². The van der Waals surface area contributed by atoms with Crippen LogP contribution in [0.25, 0.3) is 44.5 Å². The fourth-order valence-electron chi connectivity index (χ4n) is 3.73. The Morgan fingerprint density at radius 1 is 0.833 bits per heavy atom. The smallest absolute Gasteiger partial charge is 0.0804 e. The van der Waals surface area contributed by atoms with E-state index in [1.165, 1.54) is 0 Å². The van der Waals surface area contributed by atoms with Gasteiger partial charge in [-0.15, -0.1) is 0 Å². The lowest BCUT2D eigenvalue weighted by Crippen LogP contribution is -2.04. The van der Waals surface area contributed by atoms with E-state index in [-0.39, 0.29) is 6.04 Å².